The van der Waals surface area contributed by atoms with Gasteiger partial charge in [0.2, 0.25) is 0 Å². The van der Waals surface area contributed by atoms with Crippen LogP contribution in [0.15, 0.2) is 18.2 Å². The summed E-state index contributed by atoms with van der Waals surface area (Å²) in [5, 5.41) is 2.59. The average molecular weight is 269 g/mol. The minimum Gasteiger partial charge on any atom is -0.341 e. The van der Waals surface area contributed by atoms with Gasteiger partial charge in [0.1, 0.15) is 5.82 Å². The molecule has 96 valence electrons. The molecule has 1 N–H and O–H groups in total. The second-order valence-electron chi connectivity index (χ2n) is 3.87. The monoisotopic (exact) mass is 268 g/mol. The summed E-state index contributed by atoms with van der Waals surface area (Å²) < 4.78 is 13.4. The van der Waals surface area contributed by atoms with E-state index >= 15 is 0 Å². The van der Waals surface area contributed by atoms with E-state index in [0.717, 1.165) is 0 Å². The first-order valence-electron chi connectivity index (χ1n) is 5.35. The topological polar surface area (TPSA) is 32.3 Å². The van der Waals surface area contributed by atoms with Gasteiger partial charge in [-0.05, 0) is 26.2 Å². The van der Waals surface area contributed by atoms with Crippen LogP contribution in [0.2, 0.25) is 5.02 Å². The number of carbonyl (C=O) groups is 1. The maximum absolute atomic E-state index is 13.4. The van der Waals surface area contributed by atoms with Crippen molar-refractivity contribution in [1.82, 2.24) is 10.2 Å². The van der Waals surface area contributed by atoms with Crippen molar-refractivity contribution in [2.45, 2.75) is 0 Å². The van der Waals surface area contributed by atoms with Gasteiger partial charge in [0, 0.05) is 0 Å². The molecule has 5 heteroatoms. The van der Waals surface area contributed by atoms with Crippen LogP contribution in [0, 0.1) is 17.7 Å². The standard InChI is InChI=1S/C13H14ClFN2O/c1-17(2)9-4-3-8-16-13(18)12-10(14)6-5-7-11(12)15/h5-7H,8-9H2,1-2H3,(H,16,18). The van der Waals surface area contributed by atoms with E-state index in [4.69, 9.17) is 11.6 Å². The van der Waals surface area contributed by atoms with E-state index in [1.807, 2.05) is 19.0 Å². The maximum atomic E-state index is 13.4. The Bertz CT molecular complexity index is 471. The fraction of sp³-hybridized carbons (Fsp3) is 0.308. The van der Waals surface area contributed by atoms with Crippen LogP contribution in [0.5, 0.6) is 0 Å². The molecule has 0 aliphatic heterocycles. The maximum Gasteiger partial charge on any atom is 0.256 e. The number of hydrogen-bond acceptors (Lipinski definition) is 2. The van der Waals surface area contributed by atoms with Crippen LogP contribution in [0.25, 0.3) is 0 Å². The van der Waals surface area contributed by atoms with Gasteiger partial charge in [0.15, 0.2) is 0 Å². The summed E-state index contributed by atoms with van der Waals surface area (Å²) in [5.74, 6) is 4.43. The molecule has 3 nitrogen and oxygen atoms in total. The molecular weight excluding hydrogens is 255 g/mol. The lowest BCUT2D eigenvalue weighted by Crippen LogP contribution is -2.25. The first-order valence-corrected chi connectivity index (χ1v) is 5.73. The molecular formula is C13H14ClFN2O. The van der Waals surface area contributed by atoms with Gasteiger partial charge >= 0.3 is 0 Å². The Morgan fingerprint density at radius 2 is 2.17 bits per heavy atom. The lowest BCUT2D eigenvalue weighted by molar-refractivity contribution is 0.0955. The van der Waals surface area contributed by atoms with Crippen molar-refractivity contribution in [2.24, 2.45) is 0 Å². The Labute approximate surface area is 111 Å². The van der Waals surface area contributed by atoms with Gasteiger partial charge in [-0.1, -0.05) is 29.5 Å². The number of nitrogens with one attached hydrogen (secondary N) is 1. The third kappa shape index (κ3) is 4.36. The summed E-state index contributed by atoms with van der Waals surface area (Å²) in [7, 11) is 3.79. The third-order valence-corrected chi connectivity index (χ3v) is 2.36. The van der Waals surface area contributed by atoms with E-state index in [9.17, 15) is 9.18 Å². The van der Waals surface area contributed by atoms with Crippen molar-refractivity contribution in [1.29, 1.82) is 0 Å². The van der Waals surface area contributed by atoms with Crippen LogP contribution >= 0.6 is 11.6 Å². The third-order valence-electron chi connectivity index (χ3n) is 2.05. The van der Waals surface area contributed by atoms with Crippen molar-refractivity contribution in [3.63, 3.8) is 0 Å². The highest BCUT2D eigenvalue weighted by Gasteiger charge is 2.14. The second kappa shape index (κ2) is 7.00. The molecule has 0 aliphatic carbocycles. The van der Waals surface area contributed by atoms with Gasteiger partial charge in [0.05, 0.1) is 23.7 Å². The highest BCUT2D eigenvalue weighted by Crippen LogP contribution is 2.18. The van der Waals surface area contributed by atoms with Crippen molar-refractivity contribution in [2.75, 3.05) is 27.2 Å². The Balaban J connectivity index is 2.58. The zero-order chi connectivity index (χ0) is 13.5. The summed E-state index contributed by atoms with van der Waals surface area (Å²) in [5.41, 5.74) is -0.145. The number of nitrogens with zero attached hydrogens (tertiary/aromatic N) is 1. The van der Waals surface area contributed by atoms with Gasteiger partial charge in [-0.2, -0.15) is 0 Å². The number of amides is 1. The highest BCUT2D eigenvalue weighted by molar-refractivity contribution is 6.33. The lowest BCUT2D eigenvalue weighted by atomic mass is 10.2. The fourth-order valence-electron chi connectivity index (χ4n) is 1.20. The Hall–Kier alpha value is -1.57. The van der Waals surface area contributed by atoms with E-state index in [-0.39, 0.29) is 17.1 Å². The number of carbonyl (C=O) groups excluding carboxylic acids is 1. The fourth-order valence-corrected chi connectivity index (χ4v) is 1.45. The molecule has 0 spiro atoms. The molecule has 0 bridgehead atoms. The van der Waals surface area contributed by atoms with Crippen molar-refractivity contribution >= 4 is 17.5 Å². The van der Waals surface area contributed by atoms with Gasteiger partial charge in [0.25, 0.3) is 5.91 Å². The molecule has 0 heterocycles. The van der Waals surface area contributed by atoms with E-state index in [2.05, 4.69) is 17.2 Å². The molecule has 0 radical (unpaired) electrons. The van der Waals surface area contributed by atoms with Gasteiger partial charge in [-0.3, -0.25) is 9.69 Å². The Morgan fingerprint density at radius 3 is 2.78 bits per heavy atom. The van der Waals surface area contributed by atoms with Crippen molar-refractivity contribution < 1.29 is 9.18 Å². The largest absolute Gasteiger partial charge is 0.341 e. The van der Waals surface area contributed by atoms with E-state index in [1.54, 1.807) is 0 Å². The van der Waals surface area contributed by atoms with Crippen LogP contribution in [0.1, 0.15) is 10.4 Å². The molecule has 0 saturated carbocycles. The molecule has 0 atom stereocenters. The number of hydrogen-bond donors (Lipinski definition) is 1. The number of halogens is 2. The number of benzene rings is 1. The molecule has 0 unspecified atom stereocenters. The SMILES string of the molecule is CN(C)CC#CCNC(=O)c1c(F)cccc1Cl. The van der Waals surface area contributed by atoms with Crippen LogP contribution in [-0.2, 0) is 0 Å². The Kier molecular flexibility index (Phi) is 5.63. The zero-order valence-corrected chi connectivity index (χ0v) is 11.0. The summed E-state index contributed by atoms with van der Waals surface area (Å²) >= 11 is 5.76. The summed E-state index contributed by atoms with van der Waals surface area (Å²) in [6.45, 7) is 0.771. The quantitative estimate of drug-likeness (QED) is 0.848. The lowest BCUT2D eigenvalue weighted by Gasteiger charge is -2.05. The van der Waals surface area contributed by atoms with Gasteiger partial charge in [-0.15, -0.1) is 0 Å². The van der Waals surface area contributed by atoms with Crippen LogP contribution in [-0.4, -0.2) is 38.0 Å². The summed E-state index contributed by atoms with van der Waals surface area (Å²) in [4.78, 5) is 13.6. The first-order chi connectivity index (χ1) is 8.52. The normalized spacial score (nSPS) is 9.83. The molecule has 1 amide bonds. The molecule has 1 aromatic rings. The van der Waals surface area contributed by atoms with Gasteiger partial charge < -0.3 is 5.32 Å². The summed E-state index contributed by atoms with van der Waals surface area (Å²) in [6.07, 6.45) is 0. The second-order valence-corrected chi connectivity index (χ2v) is 4.28. The van der Waals surface area contributed by atoms with Crippen molar-refractivity contribution in [3.05, 3.63) is 34.6 Å². The minimum absolute atomic E-state index is 0.0914. The Morgan fingerprint density at radius 1 is 1.44 bits per heavy atom. The first kappa shape index (κ1) is 14.5. The minimum atomic E-state index is -0.638. The molecule has 18 heavy (non-hydrogen) atoms. The van der Waals surface area contributed by atoms with E-state index < -0.39 is 11.7 Å². The highest BCUT2D eigenvalue weighted by atomic mass is 35.5. The molecule has 1 aromatic carbocycles. The molecule has 1 rings (SSSR count). The van der Waals surface area contributed by atoms with Crippen LogP contribution in [0.4, 0.5) is 4.39 Å². The van der Waals surface area contributed by atoms with E-state index in [0.29, 0.717) is 6.54 Å². The van der Waals surface area contributed by atoms with Crippen LogP contribution < -0.4 is 5.32 Å². The van der Waals surface area contributed by atoms with Crippen molar-refractivity contribution in [3.8, 4) is 11.8 Å². The predicted molar refractivity (Wildman–Crippen MR) is 70.1 cm³/mol. The zero-order valence-electron chi connectivity index (χ0n) is 10.3. The van der Waals surface area contributed by atoms with Gasteiger partial charge in [-0.25, -0.2) is 4.39 Å². The molecule has 0 saturated heterocycles. The predicted octanol–water partition coefficient (Wildman–Crippen LogP) is 1.77. The number of rotatable bonds is 3. The van der Waals surface area contributed by atoms with Crippen LogP contribution in [0.3, 0.4) is 0 Å². The molecule has 0 aliphatic rings. The van der Waals surface area contributed by atoms with E-state index in [1.165, 1.54) is 18.2 Å². The molecule has 0 fully saturated rings. The smallest absolute Gasteiger partial charge is 0.256 e. The molecule has 0 aromatic heterocycles. The average Bonchev–Trinajstić information content (AvgIpc) is 2.27. The summed E-state index contributed by atoms with van der Waals surface area (Å²) in [6, 6.07) is 4.11.